The summed E-state index contributed by atoms with van der Waals surface area (Å²) in [5.74, 6) is 0. The molecule has 3 aromatic rings. The van der Waals surface area contributed by atoms with Crippen molar-refractivity contribution in [2.75, 3.05) is 11.9 Å². The molecule has 0 saturated heterocycles. The maximum atomic E-state index is 11.8. The maximum Gasteiger partial charge on any atom is 0.319 e. The number of pyridine rings is 1. The summed E-state index contributed by atoms with van der Waals surface area (Å²) in [4.78, 5) is 16.2. The lowest BCUT2D eigenvalue weighted by Gasteiger charge is -2.06. The van der Waals surface area contributed by atoms with Crippen molar-refractivity contribution in [1.82, 2.24) is 14.7 Å². The summed E-state index contributed by atoms with van der Waals surface area (Å²) in [5, 5.41) is 6.60. The van der Waals surface area contributed by atoms with Gasteiger partial charge < -0.3 is 15.0 Å². The Morgan fingerprint density at radius 2 is 1.96 bits per heavy atom. The number of rotatable bonds is 4. The molecule has 2 aromatic heterocycles. The highest BCUT2D eigenvalue weighted by atomic mass is 35.5. The van der Waals surface area contributed by atoms with E-state index in [9.17, 15) is 4.79 Å². The number of hydrogen-bond acceptors (Lipinski definition) is 2. The van der Waals surface area contributed by atoms with Gasteiger partial charge in [0.1, 0.15) is 0 Å². The van der Waals surface area contributed by atoms with E-state index in [4.69, 9.17) is 23.2 Å². The lowest BCUT2D eigenvalue weighted by molar-refractivity contribution is 0.252. The van der Waals surface area contributed by atoms with Crippen LogP contribution in [0.25, 0.3) is 5.65 Å². The Kier molecular flexibility index (Phi) is 4.69. The molecule has 2 heterocycles. The summed E-state index contributed by atoms with van der Waals surface area (Å²) >= 11 is 12.1. The lowest BCUT2D eigenvalue weighted by atomic mass is 10.3. The van der Waals surface area contributed by atoms with Crippen molar-refractivity contribution < 1.29 is 4.79 Å². The Labute approximate surface area is 143 Å². The van der Waals surface area contributed by atoms with Gasteiger partial charge >= 0.3 is 6.03 Å². The zero-order valence-electron chi connectivity index (χ0n) is 12.1. The van der Waals surface area contributed by atoms with E-state index in [-0.39, 0.29) is 6.03 Å². The number of aromatic nitrogens is 2. The predicted molar refractivity (Wildman–Crippen MR) is 92.4 cm³/mol. The molecule has 0 aliphatic heterocycles. The molecule has 0 aliphatic carbocycles. The van der Waals surface area contributed by atoms with Crippen LogP contribution in [0.5, 0.6) is 0 Å². The van der Waals surface area contributed by atoms with Crippen LogP contribution in [0.15, 0.2) is 48.8 Å². The zero-order valence-corrected chi connectivity index (χ0v) is 13.6. The summed E-state index contributed by atoms with van der Waals surface area (Å²) in [6.45, 7) is 0.466. The Morgan fingerprint density at radius 3 is 2.74 bits per heavy atom. The summed E-state index contributed by atoms with van der Waals surface area (Å²) in [6.07, 6.45) is 4.19. The number of carbonyl (C=O) groups excluding carboxylic acids is 1. The Hall–Kier alpha value is -2.24. The number of nitrogens with zero attached hydrogens (tertiary/aromatic N) is 2. The zero-order chi connectivity index (χ0) is 16.2. The van der Waals surface area contributed by atoms with Crippen LogP contribution < -0.4 is 10.6 Å². The number of fused-ring (bicyclic) bond motifs is 1. The van der Waals surface area contributed by atoms with Crippen LogP contribution in [-0.4, -0.2) is 22.0 Å². The first-order chi connectivity index (χ1) is 11.1. The van der Waals surface area contributed by atoms with Crippen LogP contribution in [0.3, 0.4) is 0 Å². The third-order valence-corrected chi connectivity index (χ3v) is 3.71. The van der Waals surface area contributed by atoms with E-state index in [2.05, 4.69) is 15.6 Å². The summed E-state index contributed by atoms with van der Waals surface area (Å²) < 4.78 is 1.78. The van der Waals surface area contributed by atoms with Crippen LogP contribution >= 0.6 is 23.2 Å². The molecule has 0 bridgehead atoms. The fourth-order valence-corrected chi connectivity index (χ4v) is 2.72. The van der Waals surface area contributed by atoms with E-state index in [0.29, 0.717) is 28.7 Å². The minimum Gasteiger partial charge on any atom is -0.337 e. The van der Waals surface area contributed by atoms with Gasteiger partial charge in [-0.2, -0.15) is 0 Å². The van der Waals surface area contributed by atoms with Crippen LogP contribution in [-0.2, 0) is 6.42 Å². The van der Waals surface area contributed by atoms with Crippen molar-refractivity contribution in [2.24, 2.45) is 0 Å². The average molecular weight is 349 g/mol. The molecule has 0 unspecified atom stereocenters. The van der Waals surface area contributed by atoms with Crippen molar-refractivity contribution in [3.8, 4) is 0 Å². The first-order valence-corrected chi connectivity index (χ1v) is 7.80. The fourth-order valence-electron chi connectivity index (χ4n) is 2.20. The molecule has 0 fully saturated rings. The van der Waals surface area contributed by atoms with Crippen molar-refractivity contribution >= 4 is 40.6 Å². The number of hydrogen-bond donors (Lipinski definition) is 2. The highest BCUT2D eigenvalue weighted by Crippen LogP contribution is 2.21. The van der Waals surface area contributed by atoms with Crippen molar-refractivity contribution in [3.05, 3.63) is 64.5 Å². The summed E-state index contributed by atoms with van der Waals surface area (Å²) in [7, 11) is 0. The molecular formula is C16H14Cl2N4O. The van der Waals surface area contributed by atoms with Crippen LogP contribution in [0.1, 0.15) is 5.69 Å². The van der Waals surface area contributed by atoms with E-state index < -0.39 is 0 Å². The molecular weight excluding hydrogens is 335 g/mol. The molecule has 0 aliphatic rings. The lowest BCUT2D eigenvalue weighted by Crippen LogP contribution is -2.30. The second-order valence-corrected chi connectivity index (χ2v) is 5.81. The van der Waals surface area contributed by atoms with Crippen LogP contribution in [0, 0.1) is 0 Å². The van der Waals surface area contributed by atoms with E-state index in [0.717, 1.165) is 11.4 Å². The molecule has 0 spiro atoms. The minimum atomic E-state index is -0.249. The molecule has 2 N–H and O–H groups in total. The summed E-state index contributed by atoms with van der Waals surface area (Å²) in [6, 6.07) is 10.7. The van der Waals surface area contributed by atoms with Gasteiger partial charge in [0.25, 0.3) is 0 Å². The SMILES string of the molecule is O=C(NCCc1cn2cc(Cl)cc(Cl)c2n1)Nc1ccccc1. The van der Waals surface area contributed by atoms with Gasteiger partial charge in [-0.05, 0) is 18.2 Å². The standard InChI is InChI=1S/C16H14Cl2N4O/c17-11-8-14(18)15-20-13(10-22(15)9-11)6-7-19-16(23)21-12-4-2-1-3-5-12/h1-5,8-10H,6-7H2,(H2,19,21,23). The average Bonchev–Trinajstić information content (AvgIpc) is 2.91. The van der Waals surface area contributed by atoms with Gasteiger partial charge in [-0.3, -0.25) is 0 Å². The van der Waals surface area contributed by atoms with E-state index >= 15 is 0 Å². The molecule has 1 aromatic carbocycles. The smallest absolute Gasteiger partial charge is 0.319 e. The van der Waals surface area contributed by atoms with E-state index in [1.54, 1.807) is 16.7 Å². The van der Waals surface area contributed by atoms with Gasteiger partial charge in [0.05, 0.1) is 15.7 Å². The van der Waals surface area contributed by atoms with E-state index in [1.165, 1.54) is 0 Å². The molecule has 118 valence electrons. The topological polar surface area (TPSA) is 58.4 Å². The number of para-hydroxylation sites is 1. The summed E-state index contributed by atoms with van der Waals surface area (Å²) in [5.41, 5.74) is 2.23. The molecule has 23 heavy (non-hydrogen) atoms. The number of nitrogens with one attached hydrogen (secondary N) is 2. The molecule has 0 saturated carbocycles. The van der Waals surface area contributed by atoms with Crippen LogP contribution in [0.4, 0.5) is 10.5 Å². The van der Waals surface area contributed by atoms with Crippen LogP contribution in [0.2, 0.25) is 10.0 Å². The number of benzene rings is 1. The number of anilines is 1. The number of imidazole rings is 1. The highest BCUT2D eigenvalue weighted by Gasteiger charge is 2.07. The first kappa shape index (κ1) is 15.6. The monoisotopic (exact) mass is 348 g/mol. The number of urea groups is 1. The van der Waals surface area contributed by atoms with Crippen molar-refractivity contribution in [2.45, 2.75) is 6.42 Å². The highest BCUT2D eigenvalue weighted by molar-refractivity contribution is 6.36. The molecule has 3 rings (SSSR count). The van der Waals surface area contributed by atoms with Crippen molar-refractivity contribution in [1.29, 1.82) is 0 Å². The first-order valence-electron chi connectivity index (χ1n) is 7.04. The van der Waals surface area contributed by atoms with Gasteiger partial charge in [-0.1, -0.05) is 41.4 Å². The van der Waals surface area contributed by atoms with Gasteiger partial charge in [-0.15, -0.1) is 0 Å². The normalized spacial score (nSPS) is 10.7. The second kappa shape index (κ2) is 6.89. The Morgan fingerprint density at radius 1 is 1.17 bits per heavy atom. The van der Waals surface area contributed by atoms with Gasteiger partial charge in [-0.25, -0.2) is 9.78 Å². The fraction of sp³-hybridized carbons (Fsp3) is 0.125. The molecule has 7 heteroatoms. The number of amides is 2. The second-order valence-electron chi connectivity index (χ2n) is 4.97. The Bertz CT molecular complexity index is 833. The predicted octanol–water partition coefficient (Wildman–Crippen LogP) is 4.01. The minimum absolute atomic E-state index is 0.249. The van der Waals surface area contributed by atoms with Gasteiger partial charge in [0.2, 0.25) is 0 Å². The maximum absolute atomic E-state index is 11.8. The quantitative estimate of drug-likeness (QED) is 0.748. The molecule has 0 atom stereocenters. The number of halogens is 2. The third-order valence-electron chi connectivity index (χ3n) is 3.22. The molecule has 2 amide bonds. The molecule has 0 radical (unpaired) electrons. The van der Waals surface area contributed by atoms with Gasteiger partial charge in [0.15, 0.2) is 5.65 Å². The largest absolute Gasteiger partial charge is 0.337 e. The molecule has 5 nitrogen and oxygen atoms in total. The number of carbonyl (C=O) groups is 1. The Balaban J connectivity index is 1.56. The van der Waals surface area contributed by atoms with E-state index in [1.807, 2.05) is 36.5 Å². The third kappa shape index (κ3) is 3.94. The van der Waals surface area contributed by atoms with Gasteiger partial charge in [0, 0.05) is 31.0 Å². The van der Waals surface area contributed by atoms with Crippen molar-refractivity contribution in [3.63, 3.8) is 0 Å².